The first kappa shape index (κ1) is 23.8. The molecule has 32 heavy (non-hydrogen) atoms. The van der Waals surface area contributed by atoms with E-state index in [0.717, 1.165) is 31.5 Å². The minimum absolute atomic E-state index is 0.0160. The summed E-state index contributed by atoms with van der Waals surface area (Å²) in [6.07, 6.45) is -0.0100. The van der Waals surface area contributed by atoms with E-state index >= 15 is 0 Å². The lowest BCUT2D eigenvalue weighted by atomic mass is 10.1. The first-order chi connectivity index (χ1) is 15.3. The van der Waals surface area contributed by atoms with Crippen LogP contribution in [-0.4, -0.2) is 54.1 Å². The Kier molecular flexibility index (Phi) is 8.30. The molecular weight excluding hydrogens is 421 g/mol. The summed E-state index contributed by atoms with van der Waals surface area (Å²) in [5, 5.41) is 13.6. The lowest BCUT2D eigenvalue weighted by Gasteiger charge is -2.27. The Morgan fingerprint density at radius 2 is 1.75 bits per heavy atom. The number of carbonyl (C=O) groups is 1. The Bertz CT molecular complexity index is 880. The zero-order valence-corrected chi connectivity index (χ0v) is 17.6. The van der Waals surface area contributed by atoms with Crippen LogP contribution in [0.4, 0.5) is 13.2 Å². The Morgan fingerprint density at radius 3 is 2.38 bits per heavy atom. The quantitative estimate of drug-likeness (QED) is 0.613. The van der Waals surface area contributed by atoms with E-state index in [4.69, 9.17) is 0 Å². The average Bonchev–Trinajstić information content (AvgIpc) is 3.26. The van der Waals surface area contributed by atoms with Gasteiger partial charge in [-0.1, -0.05) is 54.6 Å². The monoisotopic (exact) mass is 448 g/mol. The van der Waals surface area contributed by atoms with E-state index < -0.39 is 18.5 Å². The minimum Gasteiger partial charge on any atom is -0.406 e. The minimum atomic E-state index is -4.76. The molecule has 1 fully saturated rings. The molecule has 1 aliphatic rings. The van der Waals surface area contributed by atoms with Crippen molar-refractivity contribution in [2.75, 3.05) is 19.6 Å². The van der Waals surface area contributed by atoms with Gasteiger partial charge in [0, 0.05) is 6.54 Å². The van der Waals surface area contributed by atoms with Crippen molar-refractivity contribution >= 4 is 12.0 Å². The van der Waals surface area contributed by atoms with E-state index in [1.54, 1.807) is 6.08 Å². The van der Waals surface area contributed by atoms with Gasteiger partial charge in [-0.15, -0.1) is 13.2 Å². The van der Waals surface area contributed by atoms with Crippen LogP contribution in [0.2, 0.25) is 0 Å². The second-order valence-electron chi connectivity index (χ2n) is 7.81. The van der Waals surface area contributed by atoms with Crippen LogP contribution in [0.3, 0.4) is 0 Å². The molecule has 0 bridgehead atoms. The number of hydrogen-bond acceptors (Lipinski definition) is 4. The molecular formula is C24H27F3N2O3. The van der Waals surface area contributed by atoms with Gasteiger partial charge >= 0.3 is 6.36 Å². The molecule has 8 heteroatoms. The van der Waals surface area contributed by atoms with Crippen molar-refractivity contribution in [1.82, 2.24) is 10.2 Å². The number of aliphatic hydroxyl groups excluding tert-OH is 1. The molecule has 0 aliphatic carbocycles. The van der Waals surface area contributed by atoms with Gasteiger partial charge in [0.15, 0.2) is 0 Å². The molecule has 1 aliphatic heterocycles. The van der Waals surface area contributed by atoms with E-state index in [0.29, 0.717) is 12.1 Å². The van der Waals surface area contributed by atoms with Crippen LogP contribution in [0.15, 0.2) is 60.7 Å². The van der Waals surface area contributed by atoms with Crippen LogP contribution < -0.4 is 10.1 Å². The molecule has 2 N–H and O–H groups in total. The van der Waals surface area contributed by atoms with Crippen LogP contribution >= 0.6 is 0 Å². The van der Waals surface area contributed by atoms with Crippen LogP contribution in [0.1, 0.15) is 24.0 Å². The normalized spacial score (nSPS) is 16.8. The summed E-state index contributed by atoms with van der Waals surface area (Å²) in [6.45, 7) is 2.36. The zero-order chi connectivity index (χ0) is 23.0. The van der Waals surface area contributed by atoms with Crippen LogP contribution in [0.5, 0.6) is 5.75 Å². The molecule has 0 radical (unpaired) electrons. The summed E-state index contributed by atoms with van der Waals surface area (Å²) >= 11 is 0. The van der Waals surface area contributed by atoms with Gasteiger partial charge in [-0.25, -0.2) is 0 Å². The van der Waals surface area contributed by atoms with Gasteiger partial charge in [-0.05, 0) is 49.2 Å². The van der Waals surface area contributed by atoms with Gasteiger partial charge < -0.3 is 20.1 Å². The van der Waals surface area contributed by atoms with Gasteiger partial charge in [0.1, 0.15) is 5.75 Å². The molecule has 0 spiro atoms. The van der Waals surface area contributed by atoms with E-state index in [1.165, 1.54) is 24.3 Å². The number of nitrogens with zero attached hydrogens (tertiary/aromatic N) is 1. The summed E-state index contributed by atoms with van der Waals surface area (Å²) in [5.41, 5.74) is 1.49. The third-order valence-electron chi connectivity index (χ3n) is 5.22. The fourth-order valence-corrected chi connectivity index (χ4v) is 3.64. The van der Waals surface area contributed by atoms with Gasteiger partial charge in [0.2, 0.25) is 5.91 Å². The molecule has 2 aromatic carbocycles. The molecule has 1 unspecified atom stereocenters. The molecule has 1 amide bonds. The maximum atomic E-state index is 12.6. The number of ether oxygens (including phenoxy) is 1. The molecule has 0 saturated carbocycles. The second-order valence-corrected chi connectivity index (χ2v) is 7.81. The van der Waals surface area contributed by atoms with E-state index in [1.807, 2.05) is 36.4 Å². The molecule has 172 valence electrons. The predicted octanol–water partition coefficient (Wildman–Crippen LogP) is 3.78. The molecule has 1 saturated heterocycles. The van der Waals surface area contributed by atoms with Crippen molar-refractivity contribution in [3.63, 3.8) is 0 Å². The fourth-order valence-electron chi connectivity index (χ4n) is 3.64. The van der Waals surface area contributed by atoms with Crippen LogP contribution in [0, 0.1) is 0 Å². The number of hydrogen-bond donors (Lipinski definition) is 2. The van der Waals surface area contributed by atoms with Crippen molar-refractivity contribution in [3.05, 3.63) is 71.8 Å². The zero-order valence-electron chi connectivity index (χ0n) is 17.6. The van der Waals surface area contributed by atoms with E-state index in [-0.39, 0.29) is 18.1 Å². The Balaban J connectivity index is 1.61. The summed E-state index contributed by atoms with van der Waals surface area (Å²) < 4.78 is 40.7. The third-order valence-corrected chi connectivity index (χ3v) is 5.22. The van der Waals surface area contributed by atoms with Gasteiger partial charge in [-0.2, -0.15) is 0 Å². The Labute approximate surface area is 185 Å². The lowest BCUT2D eigenvalue weighted by molar-refractivity contribution is -0.274. The molecule has 0 aromatic heterocycles. The fraction of sp³-hybridized carbons (Fsp3) is 0.375. The first-order valence-electron chi connectivity index (χ1n) is 10.6. The number of benzene rings is 2. The van der Waals surface area contributed by atoms with Gasteiger partial charge in [-0.3, -0.25) is 4.79 Å². The highest BCUT2D eigenvalue weighted by Crippen LogP contribution is 2.23. The van der Waals surface area contributed by atoms with Crippen molar-refractivity contribution in [3.8, 4) is 5.75 Å². The number of alkyl halides is 3. The topological polar surface area (TPSA) is 61.8 Å². The van der Waals surface area contributed by atoms with Crippen molar-refractivity contribution in [1.29, 1.82) is 0 Å². The highest BCUT2D eigenvalue weighted by atomic mass is 19.4. The van der Waals surface area contributed by atoms with Crippen molar-refractivity contribution in [2.45, 2.75) is 37.8 Å². The standard InChI is InChI=1S/C24H27F3N2O3/c25-24(26,27)32-20-11-8-19(9-12-20)16-23(31)28-21(17-29-14-4-5-15-29)22(30)13-10-18-6-2-1-3-7-18/h1-3,6-13,21-22,30H,4-5,14-17H2,(H,28,31)/b13-10+/t21?,22-/m1/s1. The number of aliphatic hydroxyl groups is 1. The SMILES string of the molecule is O=C(Cc1ccc(OC(F)(F)F)cc1)NC(CN1CCCC1)[C@H](O)/C=C/c1ccccc1. The number of carbonyl (C=O) groups excluding carboxylic acids is 1. The molecule has 1 heterocycles. The lowest BCUT2D eigenvalue weighted by Crippen LogP contribution is -2.49. The van der Waals surface area contributed by atoms with Gasteiger partial charge in [0.05, 0.1) is 18.6 Å². The summed E-state index contributed by atoms with van der Waals surface area (Å²) in [7, 11) is 0. The van der Waals surface area contributed by atoms with Crippen LogP contribution in [-0.2, 0) is 11.2 Å². The van der Waals surface area contributed by atoms with Gasteiger partial charge in [0.25, 0.3) is 0 Å². The smallest absolute Gasteiger partial charge is 0.406 e. The Morgan fingerprint density at radius 1 is 1.09 bits per heavy atom. The highest BCUT2D eigenvalue weighted by Gasteiger charge is 2.31. The van der Waals surface area contributed by atoms with E-state index in [9.17, 15) is 23.1 Å². The number of likely N-dealkylation sites (tertiary alicyclic amines) is 1. The van der Waals surface area contributed by atoms with Crippen molar-refractivity contribution < 1.29 is 27.8 Å². The number of amides is 1. The summed E-state index contributed by atoms with van der Waals surface area (Å²) in [4.78, 5) is 14.8. The predicted molar refractivity (Wildman–Crippen MR) is 116 cm³/mol. The number of rotatable bonds is 9. The van der Waals surface area contributed by atoms with Crippen LogP contribution in [0.25, 0.3) is 6.08 Å². The summed E-state index contributed by atoms with van der Waals surface area (Å²) in [6, 6.07) is 14.2. The average molecular weight is 448 g/mol. The molecule has 5 nitrogen and oxygen atoms in total. The summed E-state index contributed by atoms with van der Waals surface area (Å²) in [5.74, 6) is -0.652. The Hall–Kier alpha value is -2.84. The number of halogens is 3. The number of nitrogens with one attached hydrogen (secondary N) is 1. The second kappa shape index (κ2) is 11.2. The largest absolute Gasteiger partial charge is 0.573 e. The maximum Gasteiger partial charge on any atom is 0.573 e. The van der Waals surface area contributed by atoms with Crippen molar-refractivity contribution in [2.24, 2.45) is 0 Å². The molecule has 3 rings (SSSR count). The maximum absolute atomic E-state index is 12.6. The molecule has 2 aromatic rings. The first-order valence-corrected chi connectivity index (χ1v) is 10.6. The highest BCUT2D eigenvalue weighted by molar-refractivity contribution is 5.79. The van der Waals surface area contributed by atoms with E-state index in [2.05, 4.69) is 15.0 Å². The third kappa shape index (κ3) is 8.01. The molecule has 2 atom stereocenters.